The molecule has 0 saturated heterocycles. The molecular formula is C13H9N7. The monoisotopic (exact) mass is 263 g/mol. The summed E-state index contributed by atoms with van der Waals surface area (Å²) in [7, 11) is 0. The van der Waals surface area contributed by atoms with E-state index in [-0.39, 0.29) is 0 Å². The van der Waals surface area contributed by atoms with Crippen molar-refractivity contribution in [2.45, 2.75) is 0 Å². The van der Waals surface area contributed by atoms with Crippen LogP contribution in [0.2, 0.25) is 0 Å². The molecule has 2 N–H and O–H groups in total. The number of rotatable bonds is 2. The van der Waals surface area contributed by atoms with Gasteiger partial charge in [-0.2, -0.15) is 5.10 Å². The molecule has 0 unspecified atom stereocenters. The zero-order valence-electron chi connectivity index (χ0n) is 10.3. The number of hydrogen-bond donors (Lipinski definition) is 2. The number of fused-ring (bicyclic) bond motifs is 2. The molecule has 7 nitrogen and oxygen atoms in total. The zero-order chi connectivity index (χ0) is 13.4. The van der Waals surface area contributed by atoms with Gasteiger partial charge < -0.3 is 5.32 Å². The molecule has 0 bridgehead atoms. The highest BCUT2D eigenvalue weighted by molar-refractivity contribution is 5.87. The number of hydrogen-bond acceptors (Lipinski definition) is 6. The molecule has 3 heterocycles. The fraction of sp³-hybridized carbons (Fsp3) is 0. The Balaban J connectivity index is 1.78. The summed E-state index contributed by atoms with van der Waals surface area (Å²) in [5.74, 6) is 1.28. The maximum Gasteiger partial charge on any atom is 0.160 e. The van der Waals surface area contributed by atoms with Crippen LogP contribution in [0.25, 0.3) is 22.1 Å². The van der Waals surface area contributed by atoms with Gasteiger partial charge in [0.25, 0.3) is 0 Å². The number of aromatic nitrogens is 6. The number of anilines is 2. The summed E-state index contributed by atoms with van der Waals surface area (Å²) in [5, 5.41) is 10.7. The summed E-state index contributed by atoms with van der Waals surface area (Å²) < 4.78 is 0. The summed E-state index contributed by atoms with van der Waals surface area (Å²) in [6.07, 6.45) is 4.82. The molecule has 4 rings (SSSR count). The number of aromatic amines is 1. The van der Waals surface area contributed by atoms with Crippen molar-refractivity contribution in [1.82, 2.24) is 30.1 Å². The quantitative estimate of drug-likeness (QED) is 0.575. The number of nitrogens with zero attached hydrogens (tertiary/aromatic N) is 5. The highest BCUT2D eigenvalue weighted by Gasteiger charge is 2.06. The van der Waals surface area contributed by atoms with Gasteiger partial charge >= 0.3 is 0 Å². The predicted octanol–water partition coefficient (Wildman–Crippen LogP) is 2.04. The van der Waals surface area contributed by atoms with Crippen molar-refractivity contribution < 1.29 is 0 Å². The minimum absolute atomic E-state index is 0.630. The molecule has 0 aliphatic carbocycles. The van der Waals surface area contributed by atoms with Gasteiger partial charge in [-0.3, -0.25) is 10.1 Å². The van der Waals surface area contributed by atoms with E-state index in [2.05, 4.69) is 35.5 Å². The minimum Gasteiger partial charge on any atom is -0.323 e. The van der Waals surface area contributed by atoms with E-state index in [1.54, 1.807) is 12.4 Å². The normalized spacial score (nSPS) is 11.0. The summed E-state index contributed by atoms with van der Waals surface area (Å²) in [4.78, 5) is 17.1. The van der Waals surface area contributed by atoms with Crippen LogP contribution in [0.1, 0.15) is 0 Å². The Kier molecular flexibility index (Phi) is 2.28. The Morgan fingerprint density at radius 1 is 0.950 bits per heavy atom. The molecule has 0 amide bonds. The Bertz CT molecular complexity index is 899. The molecule has 96 valence electrons. The van der Waals surface area contributed by atoms with Crippen LogP contribution >= 0.6 is 0 Å². The first-order valence-corrected chi connectivity index (χ1v) is 6.03. The van der Waals surface area contributed by atoms with E-state index in [0.29, 0.717) is 17.3 Å². The highest BCUT2D eigenvalue weighted by atomic mass is 15.2. The first-order chi connectivity index (χ1) is 9.90. The topological polar surface area (TPSA) is 92.3 Å². The third-order valence-corrected chi connectivity index (χ3v) is 2.94. The van der Waals surface area contributed by atoms with Gasteiger partial charge in [-0.25, -0.2) is 15.0 Å². The molecule has 20 heavy (non-hydrogen) atoms. The second-order valence-corrected chi connectivity index (χ2v) is 4.22. The van der Waals surface area contributed by atoms with Crippen molar-refractivity contribution >= 4 is 33.7 Å². The van der Waals surface area contributed by atoms with E-state index in [1.807, 2.05) is 24.3 Å². The number of nitrogens with one attached hydrogen (secondary N) is 2. The fourth-order valence-electron chi connectivity index (χ4n) is 2.00. The molecule has 0 saturated carbocycles. The van der Waals surface area contributed by atoms with Crippen LogP contribution in [-0.2, 0) is 0 Å². The third-order valence-electron chi connectivity index (χ3n) is 2.94. The number of benzene rings is 1. The summed E-state index contributed by atoms with van der Waals surface area (Å²) in [6.45, 7) is 0. The van der Waals surface area contributed by atoms with Crippen LogP contribution in [0.15, 0.2) is 43.0 Å². The van der Waals surface area contributed by atoms with Crippen LogP contribution < -0.4 is 5.32 Å². The van der Waals surface area contributed by atoms with Crippen molar-refractivity contribution in [2.75, 3.05) is 5.32 Å². The lowest BCUT2D eigenvalue weighted by Gasteiger charge is -2.05. The molecular weight excluding hydrogens is 254 g/mol. The van der Waals surface area contributed by atoms with E-state index < -0.39 is 0 Å². The van der Waals surface area contributed by atoms with Crippen LogP contribution in [0.5, 0.6) is 0 Å². The minimum atomic E-state index is 0.630. The van der Waals surface area contributed by atoms with E-state index in [9.17, 15) is 0 Å². The Hall–Kier alpha value is -3.09. The predicted molar refractivity (Wildman–Crippen MR) is 74.5 cm³/mol. The van der Waals surface area contributed by atoms with Gasteiger partial charge in [0.15, 0.2) is 11.5 Å². The van der Waals surface area contributed by atoms with Crippen molar-refractivity contribution in [2.24, 2.45) is 0 Å². The smallest absolute Gasteiger partial charge is 0.160 e. The van der Waals surface area contributed by atoms with Crippen molar-refractivity contribution in [1.29, 1.82) is 0 Å². The van der Waals surface area contributed by atoms with E-state index in [0.717, 1.165) is 16.4 Å². The summed E-state index contributed by atoms with van der Waals surface area (Å²) >= 11 is 0. The largest absolute Gasteiger partial charge is 0.323 e. The molecule has 0 spiro atoms. The summed E-state index contributed by atoms with van der Waals surface area (Å²) in [6, 6.07) is 7.70. The summed E-state index contributed by atoms with van der Waals surface area (Å²) in [5.41, 5.74) is 2.36. The number of para-hydroxylation sites is 2. The third kappa shape index (κ3) is 1.72. The lowest BCUT2D eigenvalue weighted by Crippen LogP contribution is -1.98. The van der Waals surface area contributed by atoms with Gasteiger partial charge in [0.1, 0.15) is 12.1 Å². The average molecular weight is 263 g/mol. The van der Waals surface area contributed by atoms with Gasteiger partial charge in [0.2, 0.25) is 0 Å². The molecule has 0 aliphatic rings. The van der Waals surface area contributed by atoms with Gasteiger partial charge in [-0.15, -0.1) is 0 Å². The lowest BCUT2D eigenvalue weighted by molar-refractivity contribution is 1.09. The Labute approximate surface area is 113 Å². The second kappa shape index (κ2) is 4.23. The maximum absolute atomic E-state index is 4.50. The van der Waals surface area contributed by atoms with Crippen molar-refractivity contribution in [3.63, 3.8) is 0 Å². The zero-order valence-corrected chi connectivity index (χ0v) is 10.3. The Morgan fingerprint density at radius 3 is 2.80 bits per heavy atom. The van der Waals surface area contributed by atoms with Gasteiger partial charge in [0.05, 0.1) is 28.8 Å². The standard InChI is InChI=1S/C13H9N7/c1-2-4-10-9(3-1)14-6-11(18-10)19-12-8-5-17-20-13(8)16-7-15-12/h1-7H,(H2,15,16,17,18,19,20). The van der Waals surface area contributed by atoms with Gasteiger partial charge in [-0.05, 0) is 12.1 Å². The highest BCUT2D eigenvalue weighted by Crippen LogP contribution is 2.20. The van der Waals surface area contributed by atoms with Crippen LogP contribution in [-0.4, -0.2) is 30.1 Å². The first-order valence-electron chi connectivity index (χ1n) is 6.03. The SMILES string of the molecule is c1ccc2nc(Nc3ncnc4[nH]ncc34)cnc2c1. The Morgan fingerprint density at radius 2 is 1.85 bits per heavy atom. The maximum atomic E-state index is 4.50. The van der Waals surface area contributed by atoms with Gasteiger partial charge in [-0.1, -0.05) is 12.1 Å². The van der Waals surface area contributed by atoms with Crippen LogP contribution in [0, 0.1) is 0 Å². The van der Waals surface area contributed by atoms with Crippen LogP contribution in [0.3, 0.4) is 0 Å². The molecule has 0 radical (unpaired) electrons. The van der Waals surface area contributed by atoms with Gasteiger partial charge in [0, 0.05) is 0 Å². The van der Waals surface area contributed by atoms with E-state index >= 15 is 0 Å². The lowest BCUT2D eigenvalue weighted by atomic mass is 10.3. The van der Waals surface area contributed by atoms with Crippen LogP contribution in [0.4, 0.5) is 11.6 Å². The molecule has 0 aliphatic heterocycles. The van der Waals surface area contributed by atoms with Crippen molar-refractivity contribution in [3.05, 3.63) is 43.0 Å². The van der Waals surface area contributed by atoms with E-state index in [4.69, 9.17) is 0 Å². The fourth-order valence-corrected chi connectivity index (χ4v) is 2.00. The second-order valence-electron chi connectivity index (χ2n) is 4.22. The molecule has 3 aromatic heterocycles. The first kappa shape index (κ1) is 10.8. The molecule has 4 aromatic rings. The molecule has 0 fully saturated rings. The molecule has 7 heteroatoms. The van der Waals surface area contributed by atoms with Crippen molar-refractivity contribution in [3.8, 4) is 0 Å². The average Bonchev–Trinajstić information content (AvgIpc) is 2.97. The number of H-pyrrole nitrogens is 1. The van der Waals surface area contributed by atoms with E-state index in [1.165, 1.54) is 6.33 Å². The molecule has 1 aromatic carbocycles. The molecule has 0 atom stereocenters.